The van der Waals surface area contributed by atoms with Crippen LogP contribution in [-0.2, 0) is 7.05 Å². The molecule has 1 heterocycles. The van der Waals surface area contributed by atoms with Gasteiger partial charge in [-0.25, -0.2) is 0 Å². The van der Waals surface area contributed by atoms with Gasteiger partial charge in [-0.3, -0.25) is 0 Å². The van der Waals surface area contributed by atoms with Gasteiger partial charge >= 0.3 is 0 Å². The summed E-state index contributed by atoms with van der Waals surface area (Å²) in [5, 5.41) is 15.3. The number of tetrazole rings is 1. The summed E-state index contributed by atoms with van der Waals surface area (Å²) in [5.41, 5.74) is 10.7. The van der Waals surface area contributed by atoms with Crippen molar-refractivity contribution in [1.29, 1.82) is 0 Å². The van der Waals surface area contributed by atoms with Gasteiger partial charge in [-0.2, -0.15) is 4.80 Å². The molecular weight excluding hydrogens is 206 g/mol. The van der Waals surface area contributed by atoms with E-state index in [1.54, 1.807) is 13.1 Å². The Hall–Kier alpha value is -2.40. The van der Waals surface area contributed by atoms with Gasteiger partial charge < -0.3 is 0 Å². The van der Waals surface area contributed by atoms with E-state index in [0.717, 1.165) is 11.1 Å². The lowest BCUT2D eigenvalue weighted by Gasteiger charge is -2.00. The normalized spacial score (nSPS) is 9.88. The Bertz CT molecular complexity index is 565. The van der Waals surface area contributed by atoms with Gasteiger partial charge in [-0.05, 0) is 29.3 Å². The fourth-order valence-electron chi connectivity index (χ4n) is 1.30. The first kappa shape index (κ1) is 10.1. The molecule has 0 aliphatic rings. The molecule has 0 aliphatic heterocycles. The van der Waals surface area contributed by atoms with Crippen LogP contribution in [0.5, 0.6) is 0 Å². The van der Waals surface area contributed by atoms with Crippen molar-refractivity contribution < 1.29 is 0 Å². The zero-order valence-electron chi connectivity index (χ0n) is 8.86. The third kappa shape index (κ3) is 1.84. The lowest BCUT2D eigenvalue weighted by atomic mass is 10.1. The average molecular weight is 215 g/mol. The van der Waals surface area contributed by atoms with Crippen LogP contribution in [-0.4, -0.2) is 20.2 Å². The maximum absolute atomic E-state index is 8.42. The van der Waals surface area contributed by atoms with E-state index in [1.807, 2.05) is 19.1 Å². The number of benzene rings is 1. The molecule has 0 radical (unpaired) electrons. The summed E-state index contributed by atoms with van der Waals surface area (Å²) < 4.78 is 0. The Labute approximate surface area is 91.3 Å². The van der Waals surface area contributed by atoms with E-state index >= 15 is 0 Å². The molecule has 0 aliphatic carbocycles. The number of aromatic nitrogens is 4. The van der Waals surface area contributed by atoms with Crippen molar-refractivity contribution >= 4 is 5.69 Å². The molecule has 16 heavy (non-hydrogen) atoms. The molecule has 0 saturated heterocycles. The van der Waals surface area contributed by atoms with E-state index in [0.29, 0.717) is 11.5 Å². The van der Waals surface area contributed by atoms with Gasteiger partial charge in [0, 0.05) is 16.2 Å². The first-order chi connectivity index (χ1) is 7.70. The minimum absolute atomic E-state index is 0.511. The predicted molar refractivity (Wildman–Crippen MR) is 57.8 cm³/mol. The summed E-state index contributed by atoms with van der Waals surface area (Å²) in [4.78, 5) is 4.15. The second-order valence-corrected chi connectivity index (χ2v) is 3.29. The Kier molecular flexibility index (Phi) is 2.53. The first-order valence-corrected chi connectivity index (χ1v) is 4.61. The van der Waals surface area contributed by atoms with Crippen LogP contribution in [0.4, 0.5) is 5.69 Å². The van der Waals surface area contributed by atoms with Gasteiger partial charge in [0.25, 0.3) is 0 Å². The highest BCUT2D eigenvalue weighted by molar-refractivity contribution is 5.62. The number of azide groups is 1. The molecule has 0 atom stereocenters. The van der Waals surface area contributed by atoms with Gasteiger partial charge in [0.2, 0.25) is 5.82 Å². The molecule has 0 spiro atoms. The van der Waals surface area contributed by atoms with Gasteiger partial charge in [0.05, 0.1) is 7.05 Å². The molecule has 2 rings (SSSR count). The number of nitrogens with zero attached hydrogens (tertiary/aromatic N) is 7. The molecule has 0 fully saturated rings. The molecule has 0 saturated carbocycles. The molecule has 0 unspecified atom stereocenters. The number of hydrogen-bond acceptors (Lipinski definition) is 4. The van der Waals surface area contributed by atoms with Crippen molar-refractivity contribution in [2.75, 3.05) is 0 Å². The monoisotopic (exact) mass is 215 g/mol. The van der Waals surface area contributed by atoms with Crippen molar-refractivity contribution in [3.8, 4) is 11.4 Å². The second-order valence-electron chi connectivity index (χ2n) is 3.29. The zero-order valence-corrected chi connectivity index (χ0v) is 8.86. The molecule has 2 aromatic rings. The maximum atomic E-state index is 8.42. The Morgan fingerprint density at radius 2 is 2.25 bits per heavy atom. The molecular formula is C9H9N7. The van der Waals surface area contributed by atoms with Gasteiger partial charge in [0.15, 0.2) is 0 Å². The number of rotatable bonds is 2. The highest BCUT2D eigenvalue weighted by Crippen LogP contribution is 2.24. The van der Waals surface area contributed by atoms with Crippen LogP contribution in [0, 0.1) is 6.92 Å². The van der Waals surface area contributed by atoms with Gasteiger partial charge in [-0.1, -0.05) is 17.2 Å². The Morgan fingerprint density at radius 1 is 1.44 bits per heavy atom. The number of hydrogen-bond donors (Lipinski definition) is 0. The van der Waals surface area contributed by atoms with Crippen molar-refractivity contribution in [3.63, 3.8) is 0 Å². The molecule has 0 bridgehead atoms. The minimum Gasteiger partial charge on any atom is -0.167 e. The SMILES string of the molecule is Cc1ccc(-c2nnn(C)n2)cc1N=[N+]=[N-]. The van der Waals surface area contributed by atoms with E-state index in [9.17, 15) is 0 Å². The van der Waals surface area contributed by atoms with Crippen LogP contribution in [0.3, 0.4) is 0 Å². The van der Waals surface area contributed by atoms with E-state index in [2.05, 4.69) is 25.4 Å². The largest absolute Gasteiger partial charge is 0.204 e. The molecule has 0 amide bonds. The quantitative estimate of drug-likeness (QED) is 0.436. The van der Waals surface area contributed by atoms with Crippen LogP contribution in [0.2, 0.25) is 0 Å². The zero-order chi connectivity index (χ0) is 11.5. The van der Waals surface area contributed by atoms with Crippen molar-refractivity contribution in [2.24, 2.45) is 12.2 Å². The van der Waals surface area contributed by atoms with Crippen molar-refractivity contribution in [2.45, 2.75) is 6.92 Å². The summed E-state index contributed by atoms with van der Waals surface area (Å²) in [6.07, 6.45) is 0. The lowest BCUT2D eigenvalue weighted by molar-refractivity contribution is 0.630. The first-order valence-electron chi connectivity index (χ1n) is 4.61. The molecule has 7 heteroatoms. The molecule has 0 N–H and O–H groups in total. The number of aryl methyl sites for hydroxylation is 2. The standard InChI is InChI=1S/C9H9N7/c1-6-3-4-7(5-8(6)11-14-10)9-12-15-16(2)13-9/h3-5H,1-2H3. The second kappa shape index (κ2) is 4.00. The highest BCUT2D eigenvalue weighted by Gasteiger charge is 2.06. The van der Waals surface area contributed by atoms with Gasteiger partial charge in [0.1, 0.15) is 0 Å². The van der Waals surface area contributed by atoms with Crippen molar-refractivity contribution in [3.05, 3.63) is 34.2 Å². The van der Waals surface area contributed by atoms with E-state index in [4.69, 9.17) is 5.53 Å². The van der Waals surface area contributed by atoms with E-state index < -0.39 is 0 Å². The van der Waals surface area contributed by atoms with Gasteiger partial charge in [-0.15, -0.1) is 10.2 Å². The summed E-state index contributed by atoms with van der Waals surface area (Å²) in [5.74, 6) is 0.511. The van der Waals surface area contributed by atoms with Crippen molar-refractivity contribution in [1.82, 2.24) is 20.2 Å². The van der Waals surface area contributed by atoms with Crippen LogP contribution in [0.1, 0.15) is 5.56 Å². The minimum atomic E-state index is 0.511. The summed E-state index contributed by atoms with van der Waals surface area (Å²) in [6, 6.07) is 5.46. The molecule has 7 nitrogen and oxygen atoms in total. The molecule has 80 valence electrons. The summed E-state index contributed by atoms with van der Waals surface area (Å²) >= 11 is 0. The summed E-state index contributed by atoms with van der Waals surface area (Å²) in [6.45, 7) is 1.87. The smallest absolute Gasteiger partial charge is 0.167 e. The van der Waals surface area contributed by atoms with E-state index in [-0.39, 0.29) is 0 Å². The molecule has 1 aromatic heterocycles. The molecule has 1 aromatic carbocycles. The van der Waals surface area contributed by atoms with Crippen LogP contribution < -0.4 is 0 Å². The fourth-order valence-corrected chi connectivity index (χ4v) is 1.30. The topological polar surface area (TPSA) is 92.4 Å². The van der Waals surface area contributed by atoms with Crippen LogP contribution in [0.25, 0.3) is 21.8 Å². The average Bonchev–Trinajstić information content (AvgIpc) is 2.69. The maximum Gasteiger partial charge on any atom is 0.204 e. The predicted octanol–water partition coefficient (Wildman–Crippen LogP) is 2.13. The highest BCUT2D eigenvalue weighted by atomic mass is 15.6. The third-order valence-corrected chi connectivity index (χ3v) is 2.13. The third-order valence-electron chi connectivity index (χ3n) is 2.13. The Morgan fingerprint density at radius 3 is 2.88 bits per heavy atom. The lowest BCUT2D eigenvalue weighted by Crippen LogP contribution is -1.91. The fraction of sp³-hybridized carbons (Fsp3) is 0.222. The van der Waals surface area contributed by atoms with Crippen LogP contribution in [0.15, 0.2) is 23.3 Å². The summed E-state index contributed by atoms with van der Waals surface area (Å²) in [7, 11) is 1.69. The Balaban J connectivity index is 2.51. The van der Waals surface area contributed by atoms with E-state index in [1.165, 1.54) is 4.80 Å². The van der Waals surface area contributed by atoms with Crippen LogP contribution >= 0.6 is 0 Å².